The number of anilines is 1. The lowest BCUT2D eigenvalue weighted by Gasteiger charge is -2.01. The van der Waals surface area contributed by atoms with Gasteiger partial charge in [-0.15, -0.1) is 11.3 Å². The van der Waals surface area contributed by atoms with Crippen LogP contribution >= 0.6 is 11.3 Å². The van der Waals surface area contributed by atoms with Gasteiger partial charge in [-0.2, -0.15) is 10.4 Å². The SMILES string of the molecule is Cc1ccc(N/N=C(/C#N)c2nc(-c3ccc([N+](=O)[O-])cc3)cs2)cc1. The molecule has 1 aromatic heterocycles. The second kappa shape index (κ2) is 7.55. The minimum atomic E-state index is -0.451. The van der Waals surface area contributed by atoms with Crippen LogP contribution in [0.1, 0.15) is 10.6 Å². The number of nitro benzene ring substituents is 1. The fraction of sp³-hybridized carbons (Fsp3) is 0.0556. The lowest BCUT2D eigenvalue weighted by molar-refractivity contribution is -0.384. The Bertz CT molecular complexity index is 1000. The average molecular weight is 363 g/mol. The van der Waals surface area contributed by atoms with Gasteiger partial charge in [-0.1, -0.05) is 17.7 Å². The van der Waals surface area contributed by atoms with Crippen LogP contribution < -0.4 is 5.43 Å². The molecule has 0 amide bonds. The maximum Gasteiger partial charge on any atom is 0.269 e. The zero-order valence-corrected chi connectivity index (χ0v) is 14.5. The van der Waals surface area contributed by atoms with Crippen molar-refractivity contribution in [3.8, 4) is 17.3 Å². The molecule has 2 aromatic carbocycles. The predicted molar refractivity (Wildman–Crippen MR) is 101 cm³/mol. The molecule has 7 nitrogen and oxygen atoms in total. The smallest absolute Gasteiger partial charge is 0.269 e. The van der Waals surface area contributed by atoms with Crippen molar-refractivity contribution in [2.75, 3.05) is 5.43 Å². The van der Waals surface area contributed by atoms with E-state index in [0.29, 0.717) is 10.7 Å². The van der Waals surface area contributed by atoms with Crippen molar-refractivity contribution in [2.24, 2.45) is 5.10 Å². The van der Waals surface area contributed by atoms with Gasteiger partial charge < -0.3 is 0 Å². The highest BCUT2D eigenvalue weighted by molar-refractivity contribution is 7.12. The molecule has 0 bridgehead atoms. The largest absolute Gasteiger partial charge is 0.277 e. The molecule has 1 N–H and O–H groups in total. The lowest BCUT2D eigenvalue weighted by atomic mass is 10.1. The standard InChI is InChI=1S/C18H13N5O2S/c1-12-2-6-14(7-3-12)21-22-16(10-19)18-20-17(11-26-18)13-4-8-15(9-5-13)23(24)25/h2-9,11,21H,1H3/b22-16-. The van der Waals surface area contributed by atoms with Crippen LogP contribution in [-0.4, -0.2) is 15.6 Å². The number of hydrogen-bond acceptors (Lipinski definition) is 7. The van der Waals surface area contributed by atoms with Gasteiger partial charge in [0.1, 0.15) is 6.07 Å². The number of thiazole rings is 1. The summed E-state index contributed by atoms with van der Waals surface area (Å²) < 4.78 is 0. The van der Waals surface area contributed by atoms with Crippen LogP contribution in [0.15, 0.2) is 59.0 Å². The highest BCUT2D eigenvalue weighted by atomic mass is 32.1. The van der Waals surface area contributed by atoms with Crippen molar-refractivity contribution in [1.82, 2.24) is 4.98 Å². The van der Waals surface area contributed by atoms with Crippen LogP contribution in [0.5, 0.6) is 0 Å². The number of aromatic nitrogens is 1. The molecule has 0 aliphatic heterocycles. The van der Waals surface area contributed by atoms with Crippen LogP contribution in [0.2, 0.25) is 0 Å². The monoisotopic (exact) mass is 363 g/mol. The Kier molecular flexibility index (Phi) is 5.01. The molecule has 0 unspecified atom stereocenters. The van der Waals surface area contributed by atoms with Gasteiger partial charge in [0.2, 0.25) is 0 Å². The zero-order valence-electron chi connectivity index (χ0n) is 13.7. The summed E-state index contributed by atoms with van der Waals surface area (Å²) in [5.74, 6) is 0. The van der Waals surface area contributed by atoms with Gasteiger partial charge >= 0.3 is 0 Å². The Morgan fingerprint density at radius 2 is 1.92 bits per heavy atom. The highest BCUT2D eigenvalue weighted by Gasteiger charge is 2.12. The molecule has 0 spiro atoms. The molecular formula is C18H13N5O2S. The van der Waals surface area contributed by atoms with Gasteiger partial charge in [0.15, 0.2) is 10.7 Å². The number of benzene rings is 2. The Hall–Kier alpha value is -3.57. The number of hydrazone groups is 1. The van der Waals surface area contributed by atoms with E-state index >= 15 is 0 Å². The van der Waals surface area contributed by atoms with E-state index in [9.17, 15) is 15.4 Å². The molecule has 8 heteroatoms. The lowest BCUT2D eigenvalue weighted by Crippen LogP contribution is -2.01. The van der Waals surface area contributed by atoms with E-state index in [0.717, 1.165) is 16.8 Å². The van der Waals surface area contributed by atoms with Crippen molar-refractivity contribution in [2.45, 2.75) is 6.92 Å². The molecule has 0 aliphatic rings. The van der Waals surface area contributed by atoms with Crippen LogP contribution in [0, 0.1) is 28.4 Å². The summed E-state index contributed by atoms with van der Waals surface area (Å²) in [4.78, 5) is 14.7. The molecule has 0 atom stereocenters. The van der Waals surface area contributed by atoms with Crippen molar-refractivity contribution in [3.63, 3.8) is 0 Å². The van der Waals surface area contributed by atoms with E-state index in [4.69, 9.17) is 0 Å². The van der Waals surface area contributed by atoms with Gasteiger partial charge in [0.05, 0.1) is 16.3 Å². The first kappa shape index (κ1) is 17.3. The van der Waals surface area contributed by atoms with Crippen molar-refractivity contribution >= 4 is 28.4 Å². The first-order valence-corrected chi connectivity index (χ1v) is 8.46. The average Bonchev–Trinajstić information content (AvgIpc) is 3.14. The van der Waals surface area contributed by atoms with Gasteiger partial charge in [0, 0.05) is 23.1 Å². The van der Waals surface area contributed by atoms with Crippen molar-refractivity contribution < 1.29 is 4.92 Å². The first-order valence-electron chi connectivity index (χ1n) is 7.58. The quantitative estimate of drug-likeness (QED) is 0.412. The molecule has 3 aromatic rings. The Morgan fingerprint density at radius 1 is 1.23 bits per heavy atom. The summed E-state index contributed by atoms with van der Waals surface area (Å²) in [6.07, 6.45) is 0. The molecule has 26 heavy (non-hydrogen) atoms. The zero-order chi connectivity index (χ0) is 18.5. The normalized spacial score (nSPS) is 11.0. The molecule has 0 aliphatic carbocycles. The van der Waals surface area contributed by atoms with Gasteiger partial charge in [0.25, 0.3) is 5.69 Å². The number of nitrogens with zero attached hydrogens (tertiary/aromatic N) is 4. The molecule has 3 rings (SSSR count). The summed E-state index contributed by atoms with van der Waals surface area (Å²) in [7, 11) is 0. The number of rotatable bonds is 5. The van der Waals surface area contributed by atoms with Gasteiger partial charge in [-0.05, 0) is 31.2 Å². The second-order valence-electron chi connectivity index (χ2n) is 5.39. The minimum Gasteiger partial charge on any atom is -0.277 e. The van der Waals surface area contributed by atoms with Crippen molar-refractivity contribution in [1.29, 1.82) is 5.26 Å². The number of nitro groups is 1. The topological polar surface area (TPSA) is 104 Å². The van der Waals surface area contributed by atoms with Gasteiger partial charge in [-0.3, -0.25) is 15.5 Å². The molecule has 128 valence electrons. The predicted octanol–water partition coefficient (Wildman–Crippen LogP) is 4.37. The highest BCUT2D eigenvalue weighted by Crippen LogP contribution is 2.24. The van der Waals surface area contributed by atoms with Crippen LogP contribution in [0.25, 0.3) is 11.3 Å². The fourth-order valence-electron chi connectivity index (χ4n) is 2.14. The Balaban J connectivity index is 1.80. The second-order valence-corrected chi connectivity index (χ2v) is 6.25. The molecule has 0 radical (unpaired) electrons. The van der Waals surface area contributed by atoms with E-state index in [2.05, 4.69) is 15.5 Å². The number of hydrogen-bond donors (Lipinski definition) is 1. The minimum absolute atomic E-state index is 0.0192. The summed E-state index contributed by atoms with van der Waals surface area (Å²) in [5.41, 5.74) is 6.32. The summed E-state index contributed by atoms with van der Waals surface area (Å²) in [6.45, 7) is 1.99. The summed E-state index contributed by atoms with van der Waals surface area (Å²) in [5, 5.41) is 26.5. The summed E-state index contributed by atoms with van der Waals surface area (Å²) >= 11 is 1.29. The number of nitrogens with one attached hydrogen (secondary N) is 1. The van der Waals surface area contributed by atoms with Gasteiger partial charge in [-0.25, -0.2) is 4.98 Å². The van der Waals surface area contributed by atoms with Crippen LogP contribution in [0.3, 0.4) is 0 Å². The first-order chi connectivity index (χ1) is 12.6. The summed E-state index contributed by atoms with van der Waals surface area (Å²) in [6, 6.07) is 15.8. The molecular weight excluding hydrogens is 350 g/mol. The van der Waals surface area contributed by atoms with E-state index < -0.39 is 4.92 Å². The Labute approximate surface area is 153 Å². The van der Waals surface area contributed by atoms with E-state index in [-0.39, 0.29) is 11.4 Å². The third kappa shape index (κ3) is 3.91. The molecule has 0 saturated carbocycles. The Morgan fingerprint density at radius 3 is 2.54 bits per heavy atom. The van der Waals surface area contributed by atoms with E-state index in [1.165, 1.54) is 23.5 Å². The number of non-ortho nitro benzene ring substituents is 1. The maximum atomic E-state index is 10.7. The molecule has 0 fully saturated rings. The van der Waals surface area contributed by atoms with Crippen LogP contribution in [0.4, 0.5) is 11.4 Å². The number of nitriles is 1. The fourth-order valence-corrected chi connectivity index (χ4v) is 2.90. The third-order valence-corrected chi connectivity index (χ3v) is 4.38. The third-order valence-electron chi connectivity index (χ3n) is 3.53. The number of aryl methyl sites for hydroxylation is 1. The van der Waals surface area contributed by atoms with Crippen molar-refractivity contribution in [3.05, 3.63) is 74.6 Å². The van der Waals surface area contributed by atoms with E-state index in [1.54, 1.807) is 17.5 Å². The molecule has 1 heterocycles. The van der Waals surface area contributed by atoms with Crippen LogP contribution in [-0.2, 0) is 0 Å². The maximum absolute atomic E-state index is 10.7. The van der Waals surface area contributed by atoms with E-state index in [1.807, 2.05) is 37.3 Å². The molecule has 0 saturated heterocycles.